The van der Waals surface area contributed by atoms with Crippen LogP contribution in [0.2, 0.25) is 0 Å². The number of nitrogens with two attached hydrogens (primary N) is 1. The molecule has 0 radical (unpaired) electrons. The van der Waals surface area contributed by atoms with Crippen molar-refractivity contribution in [2.45, 2.75) is 12.5 Å². The molecule has 8 heteroatoms. The third-order valence-electron chi connectivity index (χ3n) is 2.90. The highest BCUT2D eigenvalue weighted by Gasteiger charge is 2.29. The summed E-state index contributed by atoms with van der Waals surface area (Å²) in [7, 11) is 0. The Hall–Kier alpha value is -1.73. The fourth-order valence-electron chi connectivity index (χ4n) is 1.98. The van der Waals surface area contributed by atoms with Gasteiger partial charge < -0.3 is 10.6 Å². The first-order valence-corrected chi connectivity index (χ1v) is 5.48. The van der Waals surface area contributed by atoms with Gasteiger partial charge in [0.25, 0.3) is 11.6 Å². The maximum atomic E-state index is 13.1. The molecule has 1 aromatic rings. The number of hydrogen-bond acceptors (Lipinski definition) is 4. The van der Waals surface area contributed by atoms with Crippen LogP contribution in [-0.4, -0.2) is 34.9 Å². The van der Waals surface area contributed by atoms with Gasteiger partial charge in [0.15, 0.2) is 0 Å². The molecule has 0 aliphatic carbocycles. The molecule has 0 unspecified atom stereocenters. The summed E-state index contributed by atoms with van der Waals surface area (Å²) < 4.78 is 13.1. The number of carbonyl (C=O) groups is 1. The maximum Gasteiger partial charge on any atom is 0.282 e. The minimum atomic E-state index is -0.692. The molecule has 1 amide bonds. The van der Waals surface area contributed by atoms with E-state index in [1.54, 1.807) is 0 Å². The third kappa shape index (κ3) is 3.18. The van der Waals surface area contributed by atoms with Crippen molar-refractivity contribution in [1.29, 1.82) is 0 Å². The summed E-state index contributed by atoms with van der Waals surface area (Å²) in [5, 5.41) is 10.8. The van der Waals surface area contributed by atoms with Gasteiger partial charge in [0.05, 0.1) is 4.92 Å². The highest BCUT2D eigenvalue weighted by molar-refractivity contribution is 5.98. The number of likely N-dealkylation sites (tertiary alicyclic amines) is 1. The zero-order valence-corrected chi connectivity index (χ0v) is 10.7. The number of nitro benzene ring substituents is 1. The van der Waals surface area contributed by atoms with Crippen LogP contribution in [0.5, 0.6) is 0 Å². The van der Waals surface area contributed by atoms with Gasteiger partial charge >= 0.3 is 0 Å². The number of halogens is 2. The second kappa shape index (κ2) is 5.94. The molecule has 1 heterocycles. The van der Waals surface area contributed by atoms with E-state index in [-0.39, 0.29) is 29.7 Å². The summed E-state index contributed by atoms with van der Waals surface area (Å²) in [6.07, 6.45) is 0.648. The van der Waals surface area contributed by atoms with Gasteiger partial charge in [-0.3, -0.25) is 14.9 Å². The standard InChI is InChI=1S/C11H12FN3O3.ClH/c12-7-1-2-10(15(17)18)9(5-7)11(16)14-4-3-8(13)6-14;/h1-2,5,8H,3-4,6,13H2;1H/t8-;/m0./s1. The second-order valence-corrected chi connectivity index (χ2v) is 4.22. The van der Waals surface area contributed by atoms with E-state index >= 15 is 0 Å². The quantitative estimate of drug-likeness (QED) is 0.657. The molecule has 0 saturated carbocycles. The highest BCUT2D eigenvalue weighted by Crippen LogP contribution is 2.22. The van der Waals surface area contributed by atoms with Crippen molar-refractivity contribution >= 4 is 24.0 Å². The summed E-state index contributed by atoms with van der Waals surface area (Å²) in [5.41, 5.74) is 5.05. The Labute approximate surface area is 114 Å². The van der Waals surface area contributed by atoms with E-state index < -0.39 is 16.6 Å². The van der Waals surface area contributed by atoms with Crippen LogP contribution < -0.4 is 5.73 Å². The molecule has 1 aliphatic heterocycles. The second-order valence-electron chi connectivity index (χ2n) is 4.22. The molecule has 104 valence electrons. The smallest absolute Gasteiger partial charge is 0.282 e. The number of hydrogen-bond donors (Lipinski definition) is 1. The number of benzene rings is 1. The fourth-order valence-corrected chi connectivity index (χ4v) is 1.98. The minimum Gasteiger partial charge on any atom is -0.337 e. The fraction of sp³-hybridized carbons (Fsp3) is 0.364. The Morgan fingerprint density at radius 3 is 2.74 bits per heavy atom. The minimum absolute atomic E-state index is 0. The summed E-state index contributed by atoms with van der Waals surface area (Å²) in [5.74, 6) is -1.22. The Balaban J connectivity index is 0.00000180. The molecule has 0 bridgehead atoms. The van der Waals surface area contributed by atoms with Crippen LogP contribution in [0.1, 0.15) is 16.8 Å². The summed E-state index contributed by atoms with van der Waals surface area (Å²) in [4.78, 5) is 23.6. The first kappa shape index (κ1) is 15.3. The van der Waals surface area contributed by atoms with E-state index in [4.69, 9.17) is 5.73 Å². The number of nitro groups is 1. The molecule has 2 N–H and O–H groups in total. The predicted octanol–water partition coefficient (Wildman–Crippen LogP) is 1.33. The number of carbonyl (C=O) groups excluding carboxylic acids is 1. The van der Waals surface area contributed by atoms with Gasteiger partial charge in [-0.25, -0.2) is 4.39 Å². The van der Waals surface area contributed by atoms with Crippen LogP contribution in [0, 0.1) is 15.9 Å². The van der Waals surface area contributed by atoms with Crippen molar-refractivity contribution in [3.8, 4) is 0 Å². The van der Waals surface area contributed by atoms with E-state index in [1.807, 2.05) is 0 Å². The average Bonchev–Trinajstić information content (AvgIpc) is 2.74. The van der Waals surface area contributed by atoms with Crippen molar-refractivity contribution in [1.82, 2.24) is 4.90 Å². The molecule has 6 nitrogen and oxygen atoms in total. The van der Waals surface area contributed by atoms with Crippen LogP contribution in [0.3, 0.4) is 0 Å². The van der Waals surface area contributed by atoms with E-state index in [9.17, 15) is 19.3 Å². The van der Waals surface area contributed by atoms with E-state index in [2.05, 4.69) is 0 Å². The van der Waals surface area contributed by atoms with Crippen LogP contribution in [0.15, 0.2) is 18.2 Å². The van der Waals surface area contributed by atoms with E-state index in [1.165, 1.54) is 4.90 Å². The molecular formula is C11H13ClFN3O3. The molecular weight excluding hydrogens is 277 g/mol. The predicted molar refractivity (Wildman–Crippen MR) is 68.8 cm³/mol. The average molecular weight is 290 g/mol. The summed E-state index contributed by atoms with van der Waals surface area (Å²) in [6.45, 7) is 0.778. The number of rotatable bonds is 2. The van der Waals surface area contributed by atoms with Gasteiger partial charge in [0.1, 0.15) is 11.4 Å². The lowest BCUT2D eigenvalue weighted by atomic mass is 10.1. The third-order valence-corrected chi connectivity index (χ3v) is 2.90. The van der Waals surface area contributed by atoms with Gasteiger partial charge in [0.2, 0.25) is 0 Å². The molecule has 1 saturated heterocycles. The zero-order valence-electron chi connectivity index (χ0n) is 9.91. The Morgan fingerprint density at radius 2 is 2.21 bits per heavy atom. The zero-order chi connectivity index (χ0) is 13.3. The van der Waals surface area contributed by atoms with Crippen molar-refractivity contribution in [2.75, 3.05) is 13.1 Å². The maximum absolute atomic E-state index is 13.1. The van der Waals surface area contributed by atoms with Gasteiger partial charge in [-0.05, 0) is 18.6 Å². The van der Waals surface area contributed by atoms with E-state index in [0.29, 0.717) is 19.5 Å². The Bertz CT molecular complexity index is 512. The lowest BCUT2D eigenvalue weighted by Gasteiger charge is -2.15. The van der Waals surface area contributed by atoms with Crippen molar-refractivity contribution in [3.63, 3.8) is 0 Å². The SMILES string of the molecule is Cl.N[C@H]1CCN(C(=O)c2cc(F)ccc2[N+](=O)[O-])C1. The molecule has 1 atom stereocenters. The first-order valence-electron chi connectivity index (χ1n) is 5.48. The molecule has 1 aromatic carbocycles. The van der Waals surface area contributed by atoms with Crippen LogP contribution in [0.25, 0.3) is 0 Å². The monoisotopic (exact) mass is 289 g/mol. The molecule has 1 fully saturated rings. The van der Waals surface area contributed by atoms with Gasteiger partial charge in [-0.1, -0.05) is 0 Å². The Kier molecular flexibility index (Phi) is 4.79. The van der Waals surface area contributed by atoms with Crippen molar-refractivity contribution < 1.29 is 14.1 Å². The van der Waals surface area contributed by atoms with E-state index in [0.717, 1.165) is 18.2 Å². The van der Waals surface area contributed by atoms with Gasteiger partial charge in [0, 0.05) is 25.2 Å². The molecule has 1 aliphatic rings. The number of amides is 1. The van der Waals surface area contributed by atoms with Crippen LogP contribution in [0.4, 0.5) is 10.1 Å². The van der Waals surface area contributed by atoms with Crippen LogP contribution in [-0.2, 0) is 0 Å². The topological polar surface area (TPSA) is 89.5 Å². The summed E-state index contributed by atoms with van der Waals surface area (Å²) >= 11 is 0. The molecule has 2 rings (SSSR count). The molecule has 19 heavy (non-hydrogen) atoms. The molecule has 0 spiro atoms. The highest BCUT2D eigenvalue weighted by atomic mass is 35.5. The largest absolute Gasteiger partial charge is 0.337 e. The lowest BCUT2D eigenvalue weighted by Crippen LogP contribution is -2.32. The van der Waals surface area contributed by atoms with Gasteiger partial charge in [-0.15, -0.1) is 12.4 Å². The molecule has 0 aromatic heterocycles. The number of nitrogens with zero attached hydrogens (tertiary/aromatic N) is 2. The van der Waals surface area contributed by atoms with Crippen molar-refractivity contribution in [3.05, 3.63) is 39.7 Å². The lowest BCUT2D eigenvalue weighted by molar-refractivity contribution is -0.385. The first-order chi connectivity index (χ1) is 8.49. The van der Waals surface area contributed by atoms with Gasteiger partial charge in [-0.2, -0.15) is 0 Å². The normalized spacial score (nSPS) is 18.0. The summed E-state index contributed by atoms with van der Waals surface area (Å²) in [6, 6.07) is 2.73. The van der Waals surface area contributed by atoms with Crippen LogP contribution >= 0.6 is 12.4 Å². The van der Waals surface area contributed by atoms with Crippen molar-refractivity contribution in [2.24, 2.45) is 5.73 Å². The Morgan fingerprint density at radius 1 is 1.53 bits per heavy atom.